The molecule has 19 heavy (non-hydrogen) atoms. The predicted octanol–water partition coefficient (Wildman–Crippen LogP) is 3.62. The molecule has 2 aromatic rings. The molecular formula is C14H12N2O3. The Kier molecular flexibility index (Phi) is 3.87. The molecule has 1 aromatic heterocycles. The number of nitrogens with zero attached hydrogens (tertiary/aromatic N) is 2. The molecule has 0 saturated carbocycles. The van der Waals surface area contributed by atoms with Crippen LogP contribution in [0.5, 0.6) is 0 Å². The highest BCUT2D eigenvalue weighted by atomic mass is 16.6. The van der Waals surface area contributed by atoms with E-state index in [2.05, 4.69) is 5.16 Å². The van der Waals surface area contributed by atoms with Crippen LogP contribution in [-0.2, 0) is 0 Å². The summed E-state index contributed by atoms with van der Waals surface area (Å²) in [5.41, 5.74) is 1.23. The van der Waals surface area contributed by atoms with Gasteiger partial charge in [-0.2, -0.15) is 0 Å². The van der Waals surface area contributed by atoms with Crippen LogP contribution in [0.4, 0.5) is 5.69 Å². The normalized spacial score (nSPS) is 11.4. The van der Waals surface area contributed by atoms with Crippen LogP contribution in [-0.4, -0.2) is 10.1 Å². The predicted molar refractivity (Wildman–Crippen MR) is 72.4 cm³/mol. The lowest BCUT2D eigenvalue weighted by Gasteiger charge is -1.88. The van der Waals surface area contributed by atoms with Crippen LogP contribution in [0.25, 0.3) is 12.2 Å². The summed E-state index contributed by atoms with van der Waals surface area (Å²) in [7, 11) is 0. The summed E-state index contributed by atoms with van der Waals surface area (Å²) in [5, 5.41) is 14.4. The van der Waals surface area contributed by atoms with Crippen molar-refractivity contribution in [3.8, 4) is 0 Å². The lowest BCUT2D eigenvalue weighted by Crippen LogP contribution is -1.89. The zero-order valence-electron chi connectivity index (χ0n) is 10.3. The van der Waals surface area contributed by atoms with E-state index in [9.17, 15) is 10.1 Å². The van der Waals surface area contributed by atoms with Gasteiger partial charge in [-0.25, -0.2) is 0 Å². The highest BCUT2D eigenvalue weighted by Gasteiger charge is 2.21. The fourth-order valence-electron chi connectivity index (χ4n) is 1.59. The van der Waals surface area contributed by atoms with Crippen LogP contribution in [0.2, 0.25) is 0 Å². The molecule has 0 atom stereocenters. The zero-order valence-corrected chi connectivity index (χ0v) is 10.3. The van der Waals surface area contributed by atoms with Gasteiger partial charge in [0, 0.05) is 0 Å². The highest BCUT2D eigenvalue weighted by molar-refractivity contribution is 5.60. The van der Waals surface area contributed by atoms with Gasteiger partial charge in [-0.15, -0.1) is 0 Å². The van der Waals surface area contributed by atoms with Crippen LogP contribution in [0.1, 0.15) is 17.0 Å². The summed E-state index contributed by atoms with van der Waals surface area (Å²) in [5.74, 6) is 0.153. The van der Waals surface area contributed by atoms with E-state index in [4.69, 9.17) is 4.52 Å². The molecule has 0 aliphatic carbocycles. The zero-order chi connectivity index (χ0) is 13.7. The quantitative estimate of drug-likeness (QED) is 0.476. The Morgan fingerprint density at radius 2 is 1.89 bits per heavy atom. The summed E-state index contributed by atoms with van der Waals surface area (Å²) in [6.45, 7) is 1.54. The minimum absolute atomic E-state index is 0.0932. The van der Waals surface area contributed by atoms with Crippen molar-refractivity contribution in [2.45, 2.75) is 6.92 Å². The van der Waals surface area contributed by atoms with E-state index in [1.54, 1.807) is 19.1 Å². The first-order valence-electron chi connectivity index (χ1n) is 5.69. The number of aromatic nitrogens is 1. The van der Waals surface area contributed by atoms with Gasteiger partial charge in [0.25, 0.3) is 0 Å². The summed E-state index contributed by atoms with van der Waals surface area (Å²) >= 11 is 0. The van der Waals surface area contributed by atoms with E-state index < -0.39 is 4.92 Å². The second-order valence-corrected chi connectivity index (χ2v) is 3.87. The molecule has 0 radical (unpaired) electrons. The Labute approximate surface area is 110 Å². The van der Waals surface area contributed by atoms with Crippen LogP contribution in [0.15, 0.2) is 47.0 Å². The number of aryl methyl sites for hydroxylation is 1. The largest absolute Gasteiger partial charge is 0.349 e. The molecule has 0 aliphatic heterocycles. The van der Waals surface area contributed by atoms with Gasteiger partial charge in [0.05, 0.1) is 4.92 Å². The third-order valence-corrected chi connectivity index (χ3v) is 2.49. The first-order valence-corrected chi connectivity index (χ1v) is 5.69. The number of allylic oxidation sites excluding steroid dienone is 2. The van der Waals surface area contributed by atoms with Gasteiger partial charge in [-0.1, -0.05) is 53.7 Å². The Morgan fingerprint density at radius 3 is 2.58 bits per heavy atom. The van der Waals surface area contributed by atoms with Gasteiger partial charge >= 0.3 is 5.69 Å². The maximum absolute atomic E-state index is 10.8. The Morgan fingerprint density at radius 1 is 1.21 bits per heavy atom. The number of hydrogen-bond acceptors (Lipinski definition) is 4. The minimum Gasteiger partial charge on any atom is -0.349 e. The number of nitro groups is 1. The van der Waals surface area contributed by atoms with Crippen molar-refractivity contribution in [1.82, 2.24) is 5.16 Å². The average molecular weight is 256 g/mol. The van der Waals surface area contributed by atoms with Crippen molar-refractivity contribution < 1.29 is 9.45 Å². The first kappa shape index (κ1) is 12.8. The molecule has 0 saturated heterocycles. The van der Waals surface area contributed by atoms with Crippen molar-refractivity contribution >= 4 is 17.8 Å². The summed E-state index contributed by atoms with van der Waals surface area (Å²) in [6, 6.07) is 9.74. The molecule has 2 rings (SSSR count). The number of rotatable bonds is 4. The number of hydrogen-bond donors (Lipinski definition) is 0. The Hall–Kier alpha value is -2.69. The number of benzene rings is 1. The van der Waals surface area contributed by atoms with E-state index in [1.807, 2.05) is 36.4 Å². The third kappa shape index (κ3) is 3.16. The van der Waals surface area contributed by atoms with E-state index in [1.165, 1.54) is 6.08 Å². The van der Waals surface area contributed by atoms with Crippen molar-refractivity contribution in [3.05, 3.63) is 69.6 Å². The molecule has 0 unspecified atom stereocenters. The molecule has 1 aromatic carbocycles. The van der Waals surface area contributed by atoms with E-state index in [0.29, 0.717) is 0 Å². The topological polar surface area (TPSA) is 69.2 Å². The van der Waals surface area contributed by atoms with Crippen LogP contribution in [0.3, 0.4) is 0 Å². The van der Waals surface area contributed by atoms with E-state index in [-0.39, 0.29) is 17.1 Å². The standard InChI is InChI=1S/C14H12N2O3/c1-11-14(16(17)18)13(19-15-11)10-6-5-9-12-7-3-2-4-8-12/h2-10H,1H3/b9-5-,10-6+. The van der Waals surface area contributed by atoms with Crippen molar-refractivity contribution in [2.75, 3.05) is 0 Å². The van der Waals surface area contributed by atoms with Crippen LogP contribution in [0, 0.1) is 17.0 Å². The van der Waals surface area contributed by atoms with Gasteiger partial charge in [0.15, 0.2) is 5.69 Å². The molecule has 0 bridgehead atoms. The summed E-state index contributed by atoms with van der Waals surface area (Å²) < 4.78 is 4.90. The van der Waals surface area contributed by atoms with Crippen molar-refractivity contribution in [3.63, 3.8) is 0 Å². The van der Waals surface area contributed by atoms with Gasteiger partial charge in [0.2, 0.25) is 5.76 Å². The van der Waals surface area contributed by atoms with Gasteiger partial charge in [-0.3, -0.25) is 10.1 Å². The lowest BCUT2D eigenvalue weighted by atomic mass is 10.2. The molecule has 1 heterocycles. The van der Waals surface area contributed by atoms with Gasteiger partial charge in [0.1, 0.15) is 0 Å². The molecule has 5 heteroatoms. The molecule has 5 nitrogen and oxygen atoms in total. The monoisotopic (exact) mass is 256 g/mol. The SMILES string of the molecule is Cc1noc(/C=C/C=C\c2ccccc2)c1[N+](=O)[O-]. The molecule has 96 valence electrons. The minimum atomic E-state index is -0.494. The van der Waals surface area contributed by atoms with Gasteiger partial charge in [-0.05, 0) is 18.6 Å². The highest BCUT2D eigenvalue weighted by Crippen LogP contribution is 2.23. The molecule has 0 N–H and O–H groups in total. The fourth-order valence-corrected chi connectivity index (χ4v) is 1.59. The fraction of sp³-hybridized carbons (Fsp3) is 0.0714. The molecule has 0 spiro atoms. The first-order chi connectivity index (χ1) is 9.18. The second-order valence-electron chi connectivity index (χ2n) is 3.87. The Bertz CT molecular complexity index is 627. The van der Waals surface area contributed by atoms with Crippen molar-refractivity contribution in [1.29, 1.82) is 0 Å². The maximum atomic E-state index is 10.8. The molecule has 0 fully saturated rings. The lowest BCUT2D eigenvalue weighted by molar-refractivity contribution is -0.386. The van der Waals surface area contributed by atoms with E-state index in [0.717, 1.165) is 5.56 Å². The van der Waals surface area contributed by atoms with E-state index >= 15 is 0 Å². The summed E-state index contributed by atoms with van der Waals surface area (Å²) in [6.07, 6.45) is 6.89. The molecule has 0 amide bonds. The van der Waals surface area contributed by atoms with Crippen LogP contribution < -0.4 is 0 Å². The molecular weight excluding hydrogens is 244 g/mol. The van der Waals surface area contributed by atoms with Crippen LogP contribution >= 0.6 is 0 Å². The molecule has 0 aliphatic rings. The third-order valence-electron chi connectivity index (χ3n) is 2.49. The summed E-state index contributed by atoms with van der Waals surface area (Å²) in [4.78, 5) is 10.3. The Balaban J connectivity index is 2.12. The van der Waals surface area contributed by atoms with Crippen molar-refractivity contribution in [2.24, 2.45) is 0 Å². The maximum Gasteiger partial charge on any atom is 0.338 e. The average Bonchev–Trinajstić information content (AvgIpc) is 2.77. The smallest absolute Gasteiger partial charge is 0.338 e. The van der Waals surface area contributed by atoms with Gasteiger partial charge < -0.3 is 4.52 Å². The second kappa shape index (κ2) is 5.77.